The van der Waals surface area contributed by atoms with Crippen LogP contribution in [0.4, 0.5) is 5.82 Å². The third-order valence-electron chi connectivity index (χ3n) is 2.75. The van der Waals surface area contributed by atoms with Crippen molar-refractivity contribution in [3.05, 3.63) is 45.8 Å². The van der Waals surface area contributed by atoms with Crippen LogP contribution in [0.1, 0.15) is 11.4 Å². The van der Waals surface area contributed by atoms with E-state index in [-0.39, 0.29) is 19.1 Å². The Kier molecular flexibility index (Phi) is 5.41. The van der Waals surface area contributed by atoms with E-state index >= 15 is 0 Å². The van der Waals surface area contributed by atoms with Crippen molar-refractivity contribution in [1.29, 1.82) is 0 Å². The van der Waals surface area contributed by atoms with Gasteiger partial charge in [0.15, 0.2) is 6.61 Å². The highest BCUT2D eigenvalue weighted by atomic mass is 35.5. The number of carbonyl (C=O) groups is 1. The Hall–Kier alpha value is -2.05. The van der Waals surface area contributed by atoms with Crippen LogP contribution >= 0.6 is 23.2 Å². The van der Waals surface area contributed by atoms with Gasteiger partial charge in [0.1, 0.15) is 17.4 Å². The molecule has 0 aliphatic heterocycles. The molecule has 0 aliphatic rings. The van der Waals surface area contributed by atoms with E-state index in [1.807, 2.05) is 0 Å². The quantitative estimate of drug-likeness (QED) is 0.871. The molecule has 0 bridgehead atoms. The number of carbonyl (C=O) groups excluding carboxylic acids is 1. The van der Waals surface area contributed by atoms with E-state index in [2.05, 4.69) is 15.3 Å². The van der Waals surface area contributed by atoms with Gasteiger partial charge in [0.25, 0.3) is 5.91 Å². The fraction of sp³-hybridized carbons (Fsp3) is 0.214. The maximum absolute atomic E-state index is 11.8. The first-order chi connectivity index (χ1) is 10.5. The number of ether oxygens (including phenoxy) is 1. The van der Waals surface area contributed by atoms with Crippen LogP contribution in [-0.4, -0.2) is 22.5 Å². The topological polar surface area (TPSA) is 90.1 Å². The molecule has 0 saturated carbocycles. The predicted molar refractivity (Wildman–Crippen MR) is 85.0 cm³/mol. The second kappa shape index (κ2) is 7.29. The van der Waals surface area contributed by atoms with Crippen LogP contribution in [0.2, 0.25) is 10.0 Å². The minimum absolute atomic E-state index is 0.173. The van der Waals surface area contributed by atoms with Crippen LogP contribution in [0, 0.1) is 6.92 Å². The number of aromatic nitrogens is 2. The predicted octanol–water partition coefficient (Wildman–Crippen LogP) is 2.37. The van der Waals surface area contributed by atoms with Gasteiger partial charge >= 0.3 is 0 Å². The monoisotopic (exact) mass is 340 g/mol. The van der Waals surface area contributed by atoms with Crippen LogP contribution < -0.4 is 15.8 Å². The molecule has 0 aliphatic carbocycles. The van der Waals surface area contributed by atoms with Crippen molar-refractivity contribution in [3.63, 3.8) is 0 Å². The molecule has 0 atom stereocenters. The number of benzene rings is 1. The van der Waals surface area contributed by atoms with Crippen LogP contribution in [-0.2, 0) is 11.3 Å². The smallest absolute Gasteiger partial charge is 0.258 e. The van der Waals surface area contributed by atoms with E-state index in [1.54, 1.807) is 31.3 Å². The first-order valence-corrected chi connectivity index (χ1v) is 7.14. The van der Waals surface area contributed by atoms with Gasteiger partial charge in [0, 0.05) is 23.3 Å². The van der Waals surface area contributed by atoms with Gasteiger partial charge in [-0.1, -0.05) is 23.2 Å². The lowest BCUT2D eigenvalue weighted by molar-refractivity contribution is -0.123. The molecular formula is C14H14Cl2N4O2. The molecule has 0 saturated heterocycles. The summed E-state index contributed by atoms with van der Waals surface area (Å²) in [6.45, 7) is 1.79. The summed E-state index contributed by atoms with van der Waals surface area (Å²) in [5.41, 5.74) is 6.39. The summed E-state index contributed by atoms with van der Waals surface area (Å²) in [6, 6.07) is 4.77. The Balaban J connectivity index is 1.85. The molecular weight excluding hydrogens is 327 g/mol. The molecule has 8 heteroatoms. The van der Waals surface area contributed by atoms with E-state index < -0.39 is 0 Å². The zero-order valence-corrected chi connectivity index (χ0v) is 13.3. The number of hydrogen-bond acceptors (Lipinski definition) is 5. The summed E-state index contributed by atoms with van der Waals surface area (Å²) in [5, 5.41) is 3.51. The molecule has 0 unspecified atom stereocenters. The van der Waals surface area contributed by atoms with Gasteiger partial charge in [-0.05, 0) is 25.1 Å². The average molecular weight is 341 g/mol. The average Bonchev–Trinajstić information content (AvgIpc) is 2.45. The van der Waals surface area contributed by atoms with Crippen LogP contribution in [0.15, 0.2) is 24.4 Å². The van der Waals surface area contributed by atoms with Gasteiger partial charge in [-0.3, -0.25) is 4.79 Å². The number of nitrogens with zero attached hydrogens (tertiary/aromatic N) is 2. The lowest BCUT2D eigenvalue weighted by Crippen LogP contribution is -2.29. The molecule has 1 amide bonds. The molecule has 116 valence electrons. The maximum Gasteiger partial charge on any atom is 0.258 e. The van der Waals surface area contributed by atoms with E-state index in [0.717, 1.165) is 0 Å². The molecule has 2 rings (SSSR count). The number of nitrogen functional groups attached to an aromatic ring is 1. The first-order valence-electron chi connectivity index (χ1n) is 6.38. The second-order valence-electron chi connectivity index (χ2n) is 4.47. The number of halogens is 2. The van der Waals surface area contributed by atoms with E-state index in [1.165, 1.54) is 0 Å². The van der Waals surface area contributed by atoms with Gasteiger partial charge in [-0.25, -0.2) is 9.97 Å². The van der Waals surface area contributed by atoms with Crippen molar-refractivity contribution in [3.8, 4) is 5.75 Å². The van der Waals surface area contributed by atoms with Crippen LogP contribution in [0.5, 0.6) is 5.75 Å². The molecule has 0 radical (unpaired) electrons. The highest BCUT2D eigenvalue weighted by molar-refractivity contribution is 6.35. The zero-order valence-electron chi connectivity index (χ0n) is 11.8. The summed E-state index contributed by atoms with van der Waals surface area (Å²) in [4.78, 5) is 19.8. The number of anilines is 1. The summed E-state index contributed by atoms with van der Waals surface area (Å²) >= 11 is 11.7. The Morgan fingerprint density at radius 1 is 1.41 bits per heavy atom. The fourth-order valence-electron chi connectivity index (χ4n) is 1.63. The van der Waals surface area contributed by atoms with Crippen LogP contribution in [0.25, 0.3) is 0 Å². The van der Waals surface area contributed by atoms with Crippen molar-refractivity contribution in [2.45, 2.75) is 13.5 Å². The largest absolute Gasteiger partial charge is 0.482 e. The highest BCUT2D eigenvalue weighted by Gasteiger charge is 2.08. The lowest BCUT2D eigenvalue weighted by atomic mass is 10.3. The molecule has 3 N–H and O–H groups in total. The number of nitrogens with two attached hydrogens (primary N) is 1. The SMILES string of the molecule is Cc1ncc(CNC(=O)COc2ccc(Cl)cc2Cl)c(N)n1. The highest BCUT2D eigenvalue weighted by Crippen LogP contribution is 2.27. The molecule has 0 spiro atoms. The zero-order chi connectivity index (χ0) is 16.1. The first kappa shape index (κ1) is 16.3. The second-order valence-corrected chi connectivity index (χ2v) is 5.31. The van der Waals surface area contributed by atoms with E-state index in [9.17, 15) is 4.79 Å². The van der Waals surface area contributed by atoms with Crippen molar-refractivity contribution in [2.75, 3.05) is 12.3 Å². The van der Waals surface area contributed by atoms with Gasteiger partial charge in [0.05, 0.1) is 5.02 Å². The third kappa shape index (κ3) is 4.47. The Labute approximate surface area is 137 Å². The summed E-state index contributed by atoms with van der Waals surface area (Å²) < 4.78 is 5.33. The molecule has 1 aromatic carbocycles. The maximum atomic E-state index is 11.8. The lowest BCUT2D eigenvalue weighted by Gasteiger charge is -2.10. The van der Waals surface area contributed by atoms with Crippen molar-refractivity contribution in [1.82, 2.24) is 15.3 Å². The van der Waals surface area contributed by atoms with Crippen molar-refractivity contribution in [2.24, 2.45) is 0 Å². The van der Waals surface area contributed by atoms with Crippen molar-refractivity contribution >= 4 is 34.9 Å². The van der Waals surface area contributed by atoms with Gasteiger partial charge in [0.2, 0.25) is 0 Å². The number of nitrogens with one attached hydrogen (secondary N) is 1. The molecule has 1 aromatic heterocycles. The summed E-state index contributed by atoms with van der Waals surface area (Å²) in [7, 11) is 0. The number of hydrogen-bond donors (Lipinski definition) is 2. The van der Waals surface area contributed by atoms with Crippen LogP contribution in [0.3, 0.4) is 0 Å². The molecule has 22 heavy (non-hydrogen) atoms. The number of rotatable bonds is 5. The molecule has 6 nitrogen and oxygen atoms in total. The number of amides is 1. The summed E-state index contributed by atoms with van der Waals surface area (Å²) in [6.07, 6.45) is 1.58. The Morgan fingerprint density at radius 2 is 2.18 bits per heavy atom. The molecule has 1 heterocycles. The van der Waals surface area contributed by atoms with Gasteiger partial charge < -0.3 is 15.8 Å². The minimum atomic E-state index is -0.314. The standard InChI is InChI=1S/C14H14Cl2N4O2/c1-8-18-5-9(14(17)20-8)6-19-13(21)7-22-12-3-2-10(15)4-11(12)16/h2-5H,6-7H2,1H3,(H,19,21)(H2,17,18,20). The normalized spacial score (nSPS) is 10.3. The van der Waals surface area contributed by atoms with Crippen molar-refractivity contribution < 1.29 is 9.53 Å². The Bertz CT molecular complexity index is 637. The minimum Gasteiger partial charge on any atom is -0.482 e. The van der Waals surface area contributed by atoms with E-state index in [4.69, 9.17) is 33.7 Å². The summed E-state index contributed by atoms with van der Waals surface area (Å²) in [5.74, 6) is 0.994. The van der Waals surface area contributed by atoms with Gasteiger partial charge in [-0.15, -0.1) is 0 Å². The Morgan fingerprint density at radius 3 is 2.86 bits per heavy atom. The fourth-order valence-corrected chi connectivity index (χ4v) is 2.09. The third-order valence-corrected chi connectivity index (χ3v) is 3.28. The molecule has 0 fully saturated rings. The molecule has 2 aromatic rings. The van der Waals surface area contributed by atoms with E-state index in [0.29, 0.717) is 33.0 Å². The number of aryl methyl sites for hydroxylation is 1. The van der Waals surface area contributed by atoms with Gasteiger partial charge in [-0.2, -0.15) is 0 Å².